The Kier molecular flexibility index (Phi) is 5.60. The molecule has 5 heteroatoms. The molecule has 0 bridgehead atoms. The molecule has 0 atom stereocenters. The predicted octanol–water partition coefficient (Wildman–Crippen LogP) is 4.99. The predicted molar refractivity (Wildman–Crippen MR) is 139 cm³/mol. The van der Waals surface area contributed by atoms with E-state index in [1.165, 1.54) is 12.8 Å². The molecule has 4 aromatic rings. The van der Waals surface area contributed by atoms with E-state index in [9.17, 15) is 4.79 Å². The van der Waals surface area contributed by atoms with Crippen molar-refractivity contribution >= 4 is 16.8 Å². The third kappa shape index (κ3) is 4.00. The number of piperazine rings is 1. The van der Waals surface area contributed by atoms with Crippen LogP contribution in [-0.4, -0.2) is 46.2 Å². The van der Waals surface area contributed by atoms with Gasteiger partial charge in [0.1, 0.15) is 5.69 Å². The second-order valence-corrected chi connectivity index (χ2v) is 9.56. The molecule has 1 amide bonds. The van der Waals surface area contributed by atoms with Crippen LogP contribution in [0, 0.1) is 11.8 Å². The highest BCUT2D eigenvalue weighted by Crippen LogP contribution is 2.37. The second-order valence-electron chi connectivity index (χ2n) is 9.56. The first kappa shape index (κ1) is 21.6. The fourth-order valence-electron chi connectivity index (χ4n) is 5.63. The molecule has 0 unspecified atom stereocenters. The third-order valence-electron chi connectivity index (χ3n) is 7.45. The van der Waals surface area contributed by atoms with Gasteiger partial charge in [-0.15, -0.1) is 0 Å². The standard InChI is InChI=1S/C30H28N4O/c35-29(34-19-18-31-21-30(34)16-6-7-17-30)24-13-15-28-26(20-24)27(32-33-28)14-12-23-10-4-5-11-25(23)22-8-2-1-3-9-22/h1-5,8-11,13,15,20,31H,6-7,16-19,21H2,(H,32,33). The van der Waals surface area contributed by atoms with Crippen LogP contribution in [0.25, 0.3) is 22.0 Å². The van der Waals surface area contributed by atoms with Crippen molar-refractivity contribution in [3.05, 3.63) is 89.6 Å². The first-order chi connectivity index (χ1) is 17.2. The summed E-state index contributed by atoms with van der Waals surface area (Å²) in [6.45, 7) is 2.49. The molecular formula is C30H28N4O. The van der Waals surface area contributed by atoms with Gasteiger partial charge in [0.25, 0.3) is 5.91 Å². The Balaban J connectivity index is 1.34. The minimum absolute atomic E-state index is 0.0372. The fourth-order valence-corrected chi connectivity index (χ4v) is 5.63. The Morgan fingerprint density at radius 1 is 0.943 bits per heavy atom. The molecule has 1 aliphatic carbocycles. The smallest absolute Gasteiger partial charge is 0.254 e. The molecule has 5 nitrogen and oxygen atoms in total. The molecule has 174 valence electrons. The average Bonchev–Trinajstić information content (AvgIpc) is 3.55. The van der Waals surface area contributed by atoms with E-state index in [4.69, 9.17) is 0 Å². The summed E-state index contributed by atoms with van der Waals surface area (Å²) in [7, 11) is 0. The summed E-state index contributed by atoms with van der Waals surface area (Å²) in [6.07, 6.45) is 4.54. The van der Waals surface area contributed by atoms with Gasteiger partial charge in [-0.2, -0.15) is 5.10 Å². The zero-order valence-electron chi connectivity index (χ0n) is 19.7. The van der Waals surface area contributed by atoms with Crippen LogP contribution in [0.3, 0.4) is 0 Å². The van der Waals surface area contributed by atoms with Gasteiger partial charge >= 0.3 is 0 Å². The van der Waals surface area contributed by atoms with Crippen LogP contribution in [0.5, 0.6) is 0 Å². The maximum absolute atomic E-state index is 13.7. The van der Waals surface area contributed by atoms with Crippen molar-refractivity contribution in [2.24, 2.45) is 0 Å². The number of hydrogen-bond acceptors (Lipinski definition) is 3. The van der Waals surface area contributed by atoms with Crippen LogP contribution >= 0.6 is 0 Å². The minimum atomic E-state index is -0.0372. The van der Waals surface area contributed by atoms with E-state index in [1.807, 2.05) is 54.6 Å². The zero-order valence-corrected chi connectivity index (χ0v) is 19.7. The van der Waals surface area contributed by atoms with E-state index < -0.39 is 0 Å². The van der Waals surface area contributed by atoms with Gasteiger partial charge in [-0.1, -0.05) is 67.3 Å². The lowest BCUT2D eigenvalue weighted by atomic mass is 9.91. The number of H-pyrrole nitrogens is 1. The molecule has 2 heterocycles. The number of nitrogens with zero attached hydrogens (tertiary/aromatic N) is 2. The van der Waals surface area contributed by atoms with Gasteiger partial charge in [-0.05, 0) is 54.2 Å². The van der Waals surface area contributed by atoms with Crippen molar-refractivity contribution in [1.29, 1.82) is 0 Å². The molecule has 2 N–H and O–H groups in total. The largest absolute Gasteiger partial charge is 0.330 e. The number of fused-ring (bicyclic) bond motifs is 1. The number of aromatic nitrogens is 2. The van der Waals surface area contributed by atoms with Crippen LogP contribution in [-0.2, 0) is 0 Å². The van der Waals surface area contributed by atoms with Crippen LogP contribution in [0.15, 0.2) is 72.8 Å². The van der Waals surface area contributed by atoms with Gasteiger partial charge in [-0.3, -0.25) is 9.89 Å². The van der Waals surface area contributed by atoms with Gasteiger partial charge in [0.05, 0.1) is 11.1 Å². The molecule has 1 aliphatic heterocycles. The number of hydrogen-bond donors (Lipinski definition) is 2. The normalized spacial score (nSPS) is 16.9. The molecule has 1 aromatic heterocycles. The molecule has 1 spiro atoms. The number of aromatic amines is 1. The lowest BCUT2D eigenvalue weighted by Crippen LogP contribution is -2.61. The quantitative estimate of drug-likeness (QED) is 0.415. The second kappa shape index (κ2) is 9.05. The molecule has 2 aliphatic rings. The highest BCUT2D eigenvalue weighted by molar-refractivity contribution is 5.99. The molecule has 6 rings (SSSR count). The third-order valence-corrected chi connectivity index (χ3v) is 7.45. The Labute approximate surface area is 205 Å². The maximum atomic E-state index is 13.7. The maximum Gasteiger partial charge on any atom is 0.254 e. The fraction of sp³-hybridized carbons (Fsp3) is 0.267. The SMILES string of the molecule is O=C(c1ccc2n[nH]c(C#Cc3ccccc3-c3ccccc3)c2c1)N1CCNCC12CCCC2. The summed E-state index contributed by atoms with van der Waals surface area (Å²) >= 11 is 0. The average molecular weight is 461 g/mol. The Morgan fingerprint density at radius 2 is 1.74 bits per heavy atom. The van der Waals surface area contributed by atoms with E-state index in [2.05, 4.69) is 50.5 Å². The van der Waals surface area contributed by atoms with Gasteiger partial charge in [-0.25, -0.2) is 0 Å². The lowest BCUT2D eigenvalue weighted by molar-refractivity contribution is 0.0390. The zero-order chi connectivity index (χ0) is 23.7. The molecule has 3 aromatic carbocycles. The molecule has 2 fully saturated rings. The molecule has 0 radical (unpaired) electrons. The van der Waals surface area contributed by atoms with E-state index in [0.29, 0.717) is 5.56 Å². The van der Waals surface area contributed by atoms with Crippen molar-refractivity contribution in [2.75, 3.05) is 19.6 Å². The van der Waals surface area contributed by atoms with Crippen molar-refractivity contribution in [1.82, 2.24) is 20.4 Å². The van der Waals surface area contributed by atoms with Crippen molar-refractivity contribution in [2.45, 2.75) is 31.2 Å². The summed E-state index contributed by atoms with van der Waals surface area (Å²) < 4.78 is 0. The molecule has 1 saturated heterocycles. The summed E-state index contributed by atoms with van der Waals surface area (Å²) in [4.78, 5) is 15.8. The Hall–Kier alpha value is -3.88. The van der Waals surface area contributed by atoms with E-state index >= 15 is 0 Å². The van der Waals surface area contributed by atoms with E-state index in [0.717, 1.165) is 65.8 Å². The summed E-state index contributed by atoms with van der Waals surface area (Å²) in [5.74, 6) is 6.73. The monoisotopic (exact) mass is 460 g/mol. The first-order valence-electron chi connectivity index (χ1n) is 12.4. The van der Waals surface area contributed by atoms with E-state index in [1.54, 1.807) is 0 Å². The molecule has 35 heavy (non-hydrogen) atoms. The highest BCUT2D eigenvalue weighted by atomic mass is 16.2. The lowest BCUT2D eigenvalue weighted by Gasteiger charge is -2.45. The topological polar surface area (TPSA) is 61.0 Å². The number of carbonyl (C=O) groups excluding carboxylic acids is 1. The number of amides is 1. The van der Waals surface area contributed by atoms with Crippen LogP contribution < -0.4 is 5.32 Å². The summed E-state index contributed by atoms with van der Waals surface area (Å²) in [5.41, 5.74) is 5.41. The highest BCUT2D eigenvalue weighted by Gasteiger charge is 2.43. The van der Waals surface area contributed by atoms with Crippen LogP contribution in [0.4, 0.5) is 0 Å². The van der Waals surface area contributed by atoms with E-state index in [-0.39, 0.29) is 11.4 Å². The number of carbonyl (C=O) groups is 1. The minimum Gasteiger partial charge on any atom is -0.330 e. The number of nitrogens with one attached hydrogen (secondary N) is 2. The molecular weight excluding hydrogens is 432 g/mol. The van der Waals surface area contributed by atoms with Gasteiger partial charge in [0, 0.05) is 36.1 Å². The number of rotatable bonds is 2. The van der Waals surface area contributed by atoms with Gasteiger partial charge in [0.15, 0.2) is 0 Å². The number of benzene rings is 3. The van der Waals surface area contributed by atoms with Crippen LogP contribution in [0.2, 0.25) is 0 Å². The van der Waals surface area contributed by atoms with Crippen molar-refractivity contribution in [3.63, 3.8) is 0 Å². The molecule has 1 saturated carbocycles. The van der Waals surface area contributed by atoms with Crippen molar-refractivity contribution < 1.29 is 4.79 Å². The van der Waals surface area contributed by atoms with Crippen LogP contribution in [0.1, 0.15) is 47.3 Å². The van der Waals surface area contributed by atoms with Gasteiger partial charge < -0.3 is 10.2 Å². The van der Waals surface area contributed by atoms with Crippen molar-refractivity contribution in [3.8, 4) is 23.0 Å². The Morgan fingerprint density at radius 3 is 2.60 bits per heavy atom. The van der Waals surface area contributed by atoms with Gasteiger partial charge in [0.2, 0.25) is 0 Å². The summed E-state index contributed by atoms with van der Waals surface area (Å²) in [6, 6.07) is 24.2. The first-order valence-corrected chi connectivity index (χ1v) is 12.4. The Bertz CT molecular complexity index is 1440. The summed E-state index contributed by atoms with van der Waals surface area (Å²) in [5, 5.41) is 11.9.